The van der Waals surface area contributed by atoms with Crippen molar-refractivity contribution in [3.05, 3.63) is 29.3 Å². The zero-order valence-corrected chi connectivity index (χ0v) is 13.1. The summed E-state index contributed by atoms with van der Waals surface area (Å²) in [5.41, 5.74) is -2.15. The molecule has 0 bridgehead atoms. The fourth-order valence-electron chi connectivity index (χ4n) is 2.26. The van der Waals surface area contributed by atoms with Crippen molar-refractivity contribution in [3.8, 4) is 0 Å². The molecule has 126 valence electrons. The standard InChI is InChI=1S/C16H18F3NO3/c1-14(2,3)23-13(22)20-12-8-10(16(17,18)19)4-5-11(12)15(9-21)6-7-15/h4-5,8-9H,6-7H2,1-3H3,(H,20,22). The van der Waals surface area contributed by atoms with E-state index in [1.54, 1.807) is 20.8 Å². The Bertz CT molecular complexity index is 628. The number of aldehydes is 1. The summed E-state index contributed by atoms with van der Waals surface area (Å²) in [6, 6.07) is 3.00. The molecule has 0 radical (unpaired) electrons. The molecule has 4 nitrogen and oxygen atoms in total. The van der Waals surface area contributed by atoms with E-state index in [0.29, 0.717) is 18.4 Å². The van der Waals surface area contributed by atoms with Gasteiger partial charge in [0.2, 0.25) is 0 Å². The van der Waals surface area contributed by atoms with Gasteiger partial charge in [-0.3, -0.25) is 5.32 Å². The molecule has 1 aliphatic rings. The van der Waals surface area contributed by atoms with Gasteiger partial charge in [0.05, 0.1) is 11.0 Å². The molecule has 0 unspecified atom stereocenters. The van der Waals surface area contributed by atoms with Gasteiger partial charge in [0, 0.05) is 5.69 Å². The van der Waals surface area contributed by atoms with Gasteiger partial charge >= 0.3 is 12.3 Å². The Morgan fingerprint density at radius 2 is 1.87 bits per heavy atom. The van der Waals surface area contributed by atoms with Crippen LogP contribution in [0.4, 0.5) is 23.7 Å². The summed E-state index contributed by atoms with van der Waals surface area (Å²) < 4.78 is 43.7. The van der Waals surface area contributed by atoms with Gasteiger partial charge in [-0.1, -0.05) is 6.07 Å². The minimum atomic E-state index is -4.54. The van der Waals surface area contributed by atoms with Crippen molar-refractivity contribution in [2.75, 3.05) is 5.32 Å². The summed E-state index contributed by atoms with van der Waals surface area (Å²) in [6.07, 6.45) is -3.59. The minimum absolute atomic E-state index is 0.0429. The Morgan fingerprint density at radius 1 is 1.26 bits per heavy atom. The lowest BCUT2D eigenvalue weighted by atomic mass is 9.94. The summed E-state index contributed by atoms with van der Waals surface area (Å²) in [6.45, 7) is 4.94. The predicted octanol–water partition coefficient (Wildman–Crippen LogP) is 4.28. The highest BCUT2D eigenvalue weighted by Crippen LogP contribution is 2.49. The van der Waals surface area contributed by atoms with Gasteiger partial charge in [0.25, 0.3) is 0 Å². The van der Waals surface area contributed by atoms with Gasteiger partial charge in [-0.25, -0.2) is 4.79 Å². The lowest BCUT2D eigenvalue weighted by Crippen LogP contribution is -2.28. The highest BCUT2D eigenvalue weighted by atomic mass is 19.4. The van der Waals surface area contributed by atoms with Crippen LogP contribution in [0.5, 0.6) is 0 Å². The maximum Gasteiger partial charge on any atom is 0.416 e. The molecule has 7 heteroatoms. The van der Waals surface area contributed by atoms with Crippen LogP contribution in [0.15, 0.2) is 18.2 Å². The van der Waals surface area contributed by atoms with Gasteiger partial charge in [0.1, 0.15) is 11.9 Å². The van der Waals surface area contributed by atoms with E-state index in [1.807, 2.05) is 0 Å². The molecule has 23 heavy (non-hydrogen) atoms. The van der Waals surface area contributed by atoms with Crippen LogP contribution in [0.25, 0.3) is 0 Å². The summed E-state index contributed by atoms with van der Waals surface area (Å²) >= 11 is 0. The van der Waals surface area contributed by atoms with E-state index in [2.05, 4.69) is 5.32 Å². The molecular weight excluding hydrogens is 311 g/mol. The molecule has 1 amide bonds. The molecule has 0 atom stereocenters. The van der Waals surface area contributed by atoms with Crippen LogP contribution < -0.4 is 5.32 Å². The Hall–Kier alpha value is -2.05. The number of nitrogens with one attached hydrogen (secondary N) is 1. The second kappa shape index (κ2) is 5.54. The number of ether oxygens (including phenoxy) is 1. The first-order valence-corrected chi connectivity index (χ1v) is 7.15. The largest absolute Gasteiger partial charge is 0.444 e. The second-order valence-corrected chi connectivity index (χ2v) is 6.66. The first-order valence-electron chi connectivity index (χ1n) is 7.15. The fraction of sp³-hybridized carbons (Fsp3) is 0.500. The number of carbonyl (C=O) groups is 2. The molecule has 0 spiro atoms. The van der Waals surface area contributed by atoms with Crippen LogP contribution in [-0.4, -0.2) is 18.0 Å². The van der Waals surface area contributed by atoms with Crippen LogP contribution in [0, 0.1) is 0 Å². The van der Waals surface area contributed by atoms with E-state index in [1.165, 1.54) is 6.07 Å². The lowest BCUT2D eigenvalue weighted by molar-refractivity contribution is -0.137. The average molecular weight is 329 g/mol. The van der Waals surface area contributed by atoms with Crippen molar-refractivity contribution in [1.29, 1.82) is 0 Å². The van der Waals surface area contributed by atoms with E-state index >= 15 is 0 Å². The number of hydrogen-bond acceptors (Lipinski definition) is 3. The Kier molecular flexibility index (Phi) is 4.17. The smallest absolute Gasteiger partial charge is 0.416 e. The van der Waals surface area contributed by atoms with Gasteiger partial charge < -0.3 is 9.53 Å². The van der Waals surface area contributed by atoms with Crippen LogP contribution in [0.3, 0.4) is 0 Å². The van der Waals surface area contributed by atoms with Gasteiger partial charge in [-0.2, -0.15) is 13.2 Å². The zero-order chi connectivity index (χ0) is 17.5. The molecule has 1 saturated carbocycles. The Morgan fingerprint density at radius 3 is 2.30 bits per heavy atom. The zero-order valence-electron chi connectivity index (χ0n) is 13.1. The molecule has 1 aromatic carbocycles. The van der Waals surface area contributed by atoms with E-state index in [9.17, 15) is 22.8 Å². The highest BCUT2D eigenvalue weighted by molar-refractivity contribution is 5.89. The van der Waals surface area contributed by atoms with Crippen molar-refractivity contribution >= 4 is 18.1 Å². The molecule has 1 fully saturated rings. The van der Waals surface area contributed by atoms with Crippen LogP contribution in [-0.2, 0) is 21.1 Å². The Labute approximate surface area is 132 Å². The van der Waals surface area contributed by atoms with E-state index in [4.69, 9.17) is 4.74 Å². The maximum absolute atomic E-state index is 12.9. The van der Waals surface area contributed by atoms with E-state index in [0.717, 1.165) is 18.4 Å². The topological polar surface area (TPSA) is 55.4 Å². The third-order valence-corrected chi connectivity index (χ3v) is 3.53. The molecule has 1 aliphatic carbocycles. The lowest BCUT2D eigenvalue weighted by Gasteiger charge is -2.22. The molecule has 2 rings (SSSR count). The third-order valence-electron chi connectivity index (χ3n) is 3.53. The summed E-state index contributed by atoms with van der Waals surface area (Å²) in [5, 5.41) is 2.34. The quantitative estimate of drug-likeness (QED) is 0.842. The van der Waals surface area contributed by atoms with E-state index in [-0.39, 0.29) is 5.69 Å². The SMILES string of the molecule is CC(C)(C)OC(=O)Nc1cc(C(F)(F)F)ccc1C1(C=O)CC1. The first kappa shape index (κ1) is 17.3. The summed E-state index contributed by atoms with van der Waals surface area (Å²) in [5.74, 6) is 0. The van der Waals surface area contributed by atoms with Crippen molar-refractivity contribution in [1.82, 2.24) is 0 Å². The molecule has 1 aromatic rings. The summed E-state index contributed by atoms with van der Waals surface area (Å²) in [7, 11) is 0. The number of amides is 1. The monoisotopic (exact) mass is 329 g/mol. The minimum Gasteiger partial charge on any atom is -0.444 e. The van der Waals surface area contributed by atoms with Crippen molar-refractivity contribution < 1.29 is 27.5 Å². The number of benzene rings is 1. The number of alkyl halides is 3. The highest BCUT2D eigenvalue weighted by Gasteiger charge is 2.46. The fourth-order valence-corrected chi connectivity index (χ4v) is 2.26. The van der Waals surface area contributed by atoms with Gasteiger partial charge in [-0.05, 0) is 51.3 Å². The van der Waals surface area contributed by atoms with Gasteiger partial charge in [-0.15, -0.1) is 0 Å². The number of rotatable bonds is 3. The van der Waals surface area contributed by atoms with Crippen molar-refractivity contribution in [2.24, 2.45) is 0 Å². The molecule has 0 saturated heterocycles. The van der Waals surface area contributed by atoms with Crippen LogP contribution in [0.1, 0.15) is 44.7 Å². The molecular formula is C16H18F3NO3. The molecule has 1 N–H and O–H groups in total. The van der Waals surface area contributed by atoms with E-state index < -0.39 is 28.8 Å². The van der Waals surface area contributed by atoms with Crippen LogP contribution >= 0.6 is 0 Å². The second-order valence-electron chi connectivity index (χ2n) is 6.66. The van der Waals surface area contributed by atoms with Gasteiger partial charge in [0.15, 0.2) is 0 Å². The first-order chi connectivity index (χ1) is 10.5. The summed E-state index contributed by atoms with van der Waals surface area (Å²) in [4.78, 5) is 23.1. The predicted molar refractivity (Wildman–Crippen MR) is 78.3 cm³/mol. The van der Waals surface area contributed by atoms with Crippen molar-refractivity contribution in [3.63, 3.8) is 0 Å². The third kappa shape index (κ3) is 4.03. The number of carbonyl (C=O) groups excluding carboxylic acids is 2. The average Bonchev–Trinajstić information content (AvgIpc) is 3.16. The van der Waals surface area contributed by atoms with Crippen LogP contribution in [0.2, 0.25) is 0 Å². The number of anilines is 1. The maximum atomic E-state index is 12.9. The Balaban J connectivity index is 2.37. The normalized spacial score (nSPS) is 16.6. The van der Waals surface area contributed by atoms with Crippen molar-refractivity contribution in [2.45, 2.75) is 50.8 Å². The number of halogens is 3. The number of hydrogen-bond donors (Lipinski definition) is 1. The molecule has 0 heterocycles. The molecule has 0 aromatic heterocycles. The molecule has 0 aliphatic heterocycles.